The van der Waals surface area contributed by atoms with Crippen molar-refractivity contribution in [3.63, 3.8) is 0 Å². The van der Waals surface area contributed by atoms with Gasteiger partial charge in [0.1, 0.15) is 5.82 Å². The molecule has 2 nitrogen and oxygen atoms in total. The van der Waals surface area contributed by atoms with E-state index in [0.717, 1.165) is 11.1 Å². The summed E-state index contributed by atoms with van der Waals surface area (Å²) in [5.41, 5.74) is 2.95. The molecule has 2 aromatic rings. The van der Waals surface area contributed by atoms with Crippen LogP contribution in [0.2, 0.25) is 10.0 Å². The van der Waals surface area contributed by atoms with Crippen LogP contribution in [-0.2, 0) is 6.54 Å². The normalized spacial score (nSPS) is 12.4. The Morgan fingerprint density at radius 1 is 1.30 bits per heavy atom. The number of halogens is 3. The van der Waals surface area contributed by atoms with Gasteiger partial charge in [0.25, 0.3) is 0 Å². The standard InChI is InChI=1S/C15H15Cl2FN2/c1-9-3-4-19-7-11(9)8-20-10(2)12-5-15(18)14(17)6-13(12)16/h3-7,10,20H,8H2,1-2H3. The summed E-state index contributed by atoms with van der Waals surface area (Å²) in [6, 6.07) is 4.67. The van der Waals surface area contributed by atoms with E-state index < -0.39 is 5.82 Å². The molecule has 20 heavy (non-hydrogen) atoms. The van der Waals surface area contributed by atoms with Gasteiger partial charge in [0.05, 0.1) is 5.02 Å². The molecule has 106 valence electrons. The van der Waals surface area contributed by atoms with E-state index in [9.17, 15) is 4.39 Å². The Balaban J connectivity index is 2.11. The van der Waals surface area contributed by atoms with Crippen LogP contribution in [0.3, 0.4) is 0 Å². The Morgan fingerprint density at radius 3 is 2.75 bits per heavy atom. The first kappa shape index (κ1) is 15.2. The maximum Gasteiger partial charge on any atom is 0.142 e. The molecule has 0 saturated heterocycles. The molecule has 2 rings (SSSR count). The van der Waals surface area contributed by atoms with E-state index in [-0.39, 0.29) is 11.1 Å². The summed E-state index contributed by atoms with van der Waals surface area (Å²) in [6.07, 6.45) is 3.58. The number of nitrogens with one attached hydrogen (secondary N) is 1. The summed E-state index contributed by atoms with van der Waals surface area (Å²) in [6.45, 7) is 4.60. The first-order chi connectivity index (χ1) is 9.49. The van der Waals surface area contributed by atoms with Gasteiger partial charge in [-0.15, -0.1) is 0 Å². The fraction of sp³-hybridized carbons (Fsp3) is 0.267. The van der Waals surface area contributed by atoms with E-state index in [4.69, 9.17) is 23.2 Å². The first-order valence-electron chi connectivity index (χ1n) is 6.26. The van der Waals surface area contributed by atoms with E-state index in [0.29, 0.717) is 17.1 Å². The fourth-order valence-corrected chi connectivity index (χ4v) is 2.47. The number of aromatic nitrogens is 1. The van der Waals surface area contributed by atoms with E-state index in [1.165, 1.54) is 12.1 Å². The minimum atomic E-state index is -0.461. The Kier molecular flexibility index (Phi) is 4.97. The summed E-state index contributed by atoms with van der Waals surface area (Å²) in [7, 11) is 0. The van der Waals surface area contributed by atoms with Crippen LogP contribution in [-0.4, -0.2) is 4.98 Å². The topological polar surface area (TPSA) is 24.9 Å². The van der Waals surface area contributed by atoms with Gasteiger partial charge in [-0.2, -0.15) is 0 Å². The third-order valence-corrected chi connectivity index (χ3v) is 3.87. The van der Waals surface area contributed by atoms with Crippen LogP contribution in [0, 0.1) is 12.7 Å². The highest BCUT2D eigenvalue weighted by atomic mass is 35.5. The molecule has 0 bridgehead atoms. The number of nitrogens with zero attached hydrogens (tertiary/aromatic N) is 1. The number of hydrogen-bond donors (Lipinski definition) is 1. The van der Waals surface area contributed by atoms with Gasteiger partial charge in [0.2, 0.25) is 0 Å². The quantitative estimate of drug-likeness (QED) is 0.829. The lowest BCUT2D eigenvalue weighted by atomic mass is 10.1. The largest absolute Gasteiger partial charge is 0.306 e. The highest BCUT2D eigenvalue weighted by Gasteiger charge is 2.13. The molecule has 0 spiro atoms. The molecule has 5 heteroatoms. The van der Waals surface area contributed by atoms with Gasteiger partial charge in [-0.05, 0) is 48.7 Å². The van der Waals surface area contributed by atoms with E-state index in [1.807, 2.05) is 26.1 Å². The zero-order valence-electron chi connectivity index (χ0n) is 11.3. The van der Waals surface area contributed by atoms with Gasteiger partial charge >= 0.3 is 0 Å². The van der Waals surface area contributed by atoms with Crippen molar-refractivity contribution in [3.05, 3.63) is 63.1 Å². The molecule has 0 radical (unpaired) electrons. The summed E-state index contributed by atoms with van der Waals surface area (Å²) < 4.78 is 13.5. The van der Waals surface area contributed by atoms with Crippen LogP contribution in [0.15, 0.2) is 30.6 Å². The maximum absolute atomic E-state index is 13.5. The Hall–Kier alpha value is -1.16. The third-order valence-electron chi connectivity index (χ3n) is 3.25. The van der Waals surface area contributed by atoms with Crippen LogP contribution in [0.5, 0.6) is 0 Å². The predicted octanol–water partition coefficient (Wildman–Crippen LogP) is 4.69. The SMILES string of the molecule is Cc1ccncc1CNC(C)c1cc(F)c(Cl)cc1Cl. The lowest BCUT2D eigenvalue weighted by molar-refractivity contribution is 0.563. The molecule has 0 aliphatic carbocycles. The minimum absolute atomic E-state index is 0.0362. The zero-order chi connectivity index (χ0) is 14.7. The highest BCUT2D eigenvalue weighted by Crippen LogP contribution is 2.28. The van der Waals surface area contributed by atoms with Crippen LogP contribution >= 0.6 is 23.2 Å². The summed E-state index contributed by atoms with van der Waals surface area (Å²) in [4.78, 5) is 4.10. The van der Waals surface area contributed by atoms with Gasteiger partial charge < -0.3 is 5.32 Å². The van der Waals surface area contributed by atoms with Gasteiger partial charge in [0, 0.05) is 30.0 Å². The third kappa shape index (κ3) is 3.48. The summed E-state index contributed by atoms with van der Waals surface area (Å²) in [5, 5.41) is 3.80. The van der Waals surface area contributed by atoms with Crippen molar-refractivity contribution in [2.45, 2.75) is 26.4 Å². The molecule has 0 aliphatic rings. The molecule has 1 aromatic heterocycles. The second kappa shape index (κ2) is 6.53. The number of aryl methyl sites for hydroxylation is 1. The molecule has 0 fully saturated rings. The molecule has 1 aromatic carbocycles. The molecular formula is C15H15Cl2FN2. The number of hydrogen-bond acceptors (Lipinski definition) is 2. The molecule has 1 heterocycles. The number of pyridine rings is 1. The monoisotopic (exact) mass is 312 g/mol. The molecule has 0 saturated carbocycles. The van der Waals surface area contributed by atoms with E-state index >= 15 is 0 Å². The molecule has 0 aliphatic heterocycles. The smallest absolute Gasteiger partial charge is 0.142 e. The molecular weight excluding hydrogens is 298 g/mol. The summed E-state index contributed by atoms with van der Waals surface area (Å²) in [5.74, 6) is -0.461. The lowest BCUT2D eigenvalue weighted by Gasteiger charge is -2.17. The second-order valence-electron chi connectivity index (χ2n) is 4.69. The average Bonchev–Trinajstić information content (AvgIpc) is 2.41. The molecule has 1 unspecified atom stereocenters. The zero-order valence-corrected chi connectivity index (χ0v) is 12.8. The van der Waals surface area contributed by atoms with Crippen molar-refractivity contribution in [2.75, 3.05) is 0 Å². The van der Waals surface area contributed by atoms with Gasteiger partial charge in [-0.25, -0.2) is 4.39 Å². The van der Waals surface area contributed by atoms with Gasteiger partial charge in [-0.3, -0.25) is 4.98 Å². The minimum Gasteiger partial charge on any atom is -0.306 e. The fourth-order valence-electron chi connectivity index (χ4n) is 1.92. The maximum atomic E-state index is 13.5. The van der Waals surface area contributed by atoms with Gasteiger partial charge in [0.15, 0.2) is 0 Å². The van der Waals surface area contributed by atoms with Crippen LogP contribution in [0.1, 0.15) is 29.7 Å². The van der Waals surface area contributed by atoms with Crippen molar-refractivity contribution >= 4 is 23.2 Å². The molecule has 1 N–H and O–H groups in total. The number of benzene rings is 1. The van der Waals surface area contributed by atoms with Crippen molar-refractivity contribution in [2.24, 2.45) is 0 Å². The molecule has 0 amide bonds. The first-order valence-corrected chi connectivity index (χ1v) is 7.02. The van der Waals surface area contributed by atoms with Crippen molar-refractivity contribution in [3.8, 4) is 0 Å². The number of rotatable bonds is 4. The van der Waals surface area contributed by atoms with Crippen molar-refractivity contribution in [1.82, 2.24) is 10.3 Å². The Bertz CT molecular complexity index is 617. The van der Waals surface area contributed by atoms with Crippen LogP contribution in [0.25, 0.3) is 0 Å². The Morgan fingerprint density at radius 2 is 2.05 bits per heavy atom. The molecule has 1 atom stereocenters. The van der Waals surface area contributed by atoms with Crippen molar-refractivity contribution < 1.29 is 4.39 Å². The Labute approximate surface area is 127 Å². The van der Waals surface area contributed by atoms with E-state index in [1.54, 1.807) is 6.20 Å². The van der Waals surface area contributed by atoms with E-state index in [2.05, 4.69) is 10.3 Å². The average molecular weight is 313 g/mol. The summed E-state index contributed by atoms with van der Waals surface area (Å²) >= 11 is 11.8. The van der Waals surface area contributed by atoms with Gasteiger partial charge in [-0.1, -0.05) is 23.2 Å². The van der Waals surface area contributed by atoms with Crippen LogP contribution in [0.4, 0.5) is 4.39 Å². The lowest BCUT2D eigenvalue weighted by Crippen LogP contribution is -2.19. The van der Waals surface area contributed by atoms with Crippen molar-refractivity contribution in [1.29, 1.82) is 0 Å². The second-order valence-corrected chi connectivity index (χ2v) is 5.51. The predicted molar refractivity (Wildman–Crippen MR) is 80.6 cm³/mol. The highest BCUT2D eigenvalue weighted by molar-refractivity contribution is 6.35. The van der Waals surface area contributed by atoms with Crippen LogP contribution < -0.4 is 5.32 Å².